The fraction of sp³-hybridized carbons (Fsp3) is 0.348. The lowest BCUT2D eigenvalue weighted by atomic mass is 9.94. The molecule has 0 bridgehead atoms. The van der Waals surface area contributed by atoms with Gasteiger partial charge in [-0.2, -0.15) is 0 Å². The SMILES string of the molecule is COc1ccc(/C=C2\S/C(=N/c3ccccn3)N(C3CCCCC3)C2=O)cc1OC. The van der Waals surface area contributed by atoms with Crippen LogP contribution in [0.4, 0.5) is 5.82 Å². The highest BCUT2D eigenvalue weighted by atomic mass is 32.2. The minimum Gasteiger partial charge on any atom is -0.493 e. The molecule has 2 fully saturated rings. The Balaban J connectivity index is 1.69. The number of pyridine rings is 1. The van der Waals surface area contributed by atoms with Gasteiger partial charge in [0.1, 0.15) is 0 Å². The van der Waals surface area contributed by atoms with Gasteiger partial charge in [-0.05, 0) is 60.5 Å². The second kappa shape index (κ2) is 9.34. The number of amides is 1. The number of carbonyl (C=O) groups is 1. The summed E-state index contributed by atoms with van der Waals surface area (Å²) >= 11 is 1.41. The number of nitrogens with zero attached hydrogens (tertiary/aromatic N) is 3. The van der Waals surface area contributed by atoms with Crippen LogP contribution in [0.15, 0.2) is 52.5 Å². The summed E-state index contributed by atoms with van der Waals surface area (Å²) in [5.41, 5.74) is 0.881. The first-order chi connectivity index (χ1) is 14.7. The second-order valence-electron chi connectivity index (χ2n) is 7.27. The van der Waals surface area contributed by atoms with E-state index in [1.54, 1.807) is 20.4 Å². The van der Waals surface area contributed by atoms with Gasteiger partial charge in [-0.15, -0.1) is 0 Å². The van der Waals surface area contributed by atoms with Crippen LogP contribution >= 0.6 is 11.8 Å². The van der Waals surface area contributed by atoms with Crippen LogP contribution in [0, 0.1) is 0 Å². The van der Waals surface area contributed by atoms with Crippen molar-refractivity contribution in [1.82, 2.24) is 9.88 Å². The predicted molar refractivity (Wildman–Crippen MR) is 120 cm³/mol. The van der Waals surface area contributed by atoms with Gasteiger partial charge in [0.25, 0.3) is 5.91 Å². The molecule has 1 amide bonds. The molecule has 1 saturated heterocycles. The van der Waals surface area contributed by atoms with Gasteiger partial charge >= 0.3 is 0 Å². The number of methoxy groups -OCH3 is 2. The second-order valence-corrected chi connectivity index (χ2v) is 8.28. The topological polar surface area (TPSA) is 64.0 Å². The van der Waals surface area contributed by atoms with Crippen molar-refractivity contribution < 1.29 is 14.3 Å². The van der Waals surface area contributed by atoms with Gasteiger partial charge in [-0.1, -0.05) is 31.4 Å². The molecule has 7 heteroatoms. The number of aliphatic imine (C=N–C) groups is 1. The van der Waals surface area contributed by atoms with Crippen molar-refractivity contribution in [3.05, 3.63) is 53.1 Å². The Hall–Kier alpha value is -2.80. The van der Waals surface area contributed by atoms with E-state index in [0.717, 1.165) is 31.2 Å². The van der Waals surface area contributed by atoms with Crippen LogP contribution in [0.25, 0.3) is 6.08 Å². The standard InChI is InChI=1S/C23H25N3O3S/c1-28-18-12-11-16(14-19(18)29-2)15-20-22(27)26(17-8-4-3-5-9-17)23(30-20)25-21-10-6-7-13-24-21/h6-7,10-15,17H,3-5,8-9H2,1-2H3/b20-15-,25-23+. The average Bonchev–Trinajstić information content (AvgIpc) is 3.09. The Kier molecular flexibility index (Phi) is 6.38. The van der Waals surface area contributed by atoms with Crippen LogP contribution in [-0.2, 0) is 4.79 Å². The van der Waals surface area contributed by atoms with Gasteiger partial charge in [-0.25, -0.2) is 9.98 Å². The van der Waals surface area contributed by atoms with Crippen molar-refractivity contribution in [3.63, 3.8) is 0 Å². The lowest BCUT2D eigenvalue weighted by Gasteiger charge is -2.30. The van der Waals surface area contributed by atoms with E-state index in [1.165, 1.54) is 18.2 Å². The van der Waals surface area contributed by atoms with E-state index >= 15 is 0 Å². The highest BCUT2D eigenvalue weighted by molar-refractivity contribution is 8.18. The molecule has 0 N–H and O–H groups in total. The van der Waals surface area contributed by atoms with Crippen molar-refractivity contribution in [2.75, 3.05) is 14.2 Å². The van der Waals surface area contributed by atoms with Crippen molar-refractivity contribution in [2.45, 2.75) is 38.1 Å². The molecule has 2 aromatic rings. The van der Waals surface area contributed by atoms with Gasteiger partial charge in [0.05, 0.1) is 19.1 Å². The molecule has 30 heavy (non-hydrogen) atoms. The largest absolute Gasteiger partial charge is 0.493 e. The number of hydrogen-bond acceptors (Lipinski definition) is 6. The van der Waals surface area contributed by atoms with Crippen molar-refractivity contribution >= 4 is 34.7 Å². The summed E-state index contributed by atoms with van der Waals surface area (Å²) < 4.78 is 10.7. The molecule has 1 aromatic carbocycles. The summed E-state index contributed by atoms with van der Waals surface area (Å²) in [6.07, 6.45) is 9.15. The smallest absolute Gasteiger partial charge is 0.267 e. The van der Waals surface area contributed by atoms with Crippen LogP contribution in [0.3, 0.4) is 0 Å². The Morgan fingerprint density at radius 1 is 1.10 bits per heavy atom. The molecule has 0 spiro atoms. The Morgan fingerprint density at radius 3 is 2.60 bits per heavy atom. The maximum absolute atomic E-state index is 13.4. The summed E-state index contributed by atoms with van der Waals surface area (Å²) in [7, 11) is 3.21. The van der Waals surface area contributed by atoms with Crippen LogP contribution in [-0.4, -0.2) is 41.2 Å². The summed E-state index contributed by atoms with van der Waals surface area (Å²) in [5, 5.41) is 0.706. The maximum atomic E-state index is 13.4. The van der Waals surface area contributed by atoms with Crippen LogP contribution in [0.1, 0.15) is 37.7 Å². The molecular weight excluding hydrogens is 398 g/mol. The van der Waals surface area contributed by atoms with Crippen molar-refractivity contribution in [1.29, 1.82) is 0 Å². The lowest BCUT2D eigenvalue weighted by molar-refractivity contribution is -0.124. The molecule has 1 aliphatic carbocycles. The van der Waals surface area contributed by atoms with Gasteiger partial charge in [-0.3, -0.25) is 9.69 Å². The summed E-state index contributed by atoms with van der Waals surface area (Å²) in [5.74, 6) is 1.91. The minimum atomic E-state index is 0.0105. The first-order valence-electron chi connectivity index (χ1n) is 10.1. The first-order valence-corrected chi connectivity index (χ1v) is 11.0. The van der Waals surface area contributed by atoms with Gasteiger partial charge in [0, 0.05) is 12.2 Å². The number of benzene rings is 1. The molecule has 0 atom stereocenters. The number of hydrogen-bond donors (Lipinski definition) is 0. The Morgan fingerprint density at radius 2 is 1.90 bits per heavy atom. The third-order valence-electron chi connectivity index (χ3n) is 5.34. The van der Waals surface area contributed by atoms with Crippen molar-refractivity contribution in [2.24, 2.45) is 4.99 Å². The van der Waals surface area contributed by atoms with E-state index in [4.69, 9.17) is 14.5 Å². The molecule has 4 rings (SSSR count). The number of carbonyl (C=O) groups excluding carboxylic acids is 1. The molecule has 2 heterocycles. The lowest BCUT2D eigenvalue weighted by Crippen LogP contribution is -2.40. The van der Waals surface area contributed by atoms with Crippen molar-refractivity contribution in [3.8, 4) is 11.5 Å². The van der Waals surface area contributed by atoms with Crippen LogP contribution in [0.5, 0.6) is 11.5 Å². The quantitative estimate of drug-likeness (QED) is 0.631. The van der Waals surface area contributed by atoms with Crippen LogP contribution < -0.4 is 9.47 Å². The zero-order valence-electron chi connectivity index (χ0n) is 17.2. The Labute approximate surface area is 181 Å². The third kappa shape index (κ3) is 4.36. The third-order valence-corrected chi connectivity index (χ3v) is 6.32. The van der Waals surface area contributed by atoms with Gasteiger partial charge in [0.15, 0.2) is 22.5 Å². The van der Waals surface area contributed by atoms with E-state index in [-0.39, 0.29) is 11.9 Å². The monoisotopic (exact) mass is 423 g/mol. The van der Waals surface area contributed by atoms with E-state index in [1.807, 2.05) is 47.4 Å². The van der Waals surface area contributed by atoms with E-state index in [0.29, 0.717) is 27.4 Å². The van der Waals surface area contributed by atoms with Gasteiger partial charge in [0.2, 0.25) is 0 Å². The highest BCUT2D eigenvalue weighted by Gasteiger charge is 2.38. The number of aromatic nitrogens is 1. The molecule has 1 aliphatic heterocycles. The zero-order valence-corrected chi connectivity index (χ0v) is 18.0. The molecule has 0 unspecified atom stereocenters. The fourth-order valence-electron chi connectivity index (χ4n) is 3.84. The minimum absolute atomic E-state index is 0.0105. The molecule has 6 nitrogen and oxygen atoms in total. The predicted octanol–water partition coefficient (Wildman–Crippen LogP) is 5.04. The van der Waals surface area contributed by atoms with E-state index in [9.17, 15) is 4.79 Å². The molecular formula is C23H25N3O3S. The highest BCUT2D eigenvalue weighted by Crippen LogP contribution is 2.39. The fourth-order valence-corrected chi connectivity index (χ4v) is 4.88. The van der Waals surface area contributed by atoms with E-state index in [2.05, 4.69) is 4.98 Å². The first kappa shape index (κ1) is 20.5. The molecule has 1 aromatic heterocycles. The van der Waals surface area contributed by atoms with Crippen LogP contribution in [0.2, 0.25) is 0 Å². The summed E-state index contributed by atoms with van der Waals surface area (Å²) in [6.45, 7) is 0. The number of thioether (sulfide) groups is 1. The normalized spacial score (nSPS) is 20.2. The average molecular weight is 424 g/mol. The molecule has 1 saturated carbocycles. The molecule has 156 valence electrons. The van der Waals surface area contributed by atoms with E-state index < -0.39 is 0 Å². The maximum Gasteiger partial charge on any atom is 0.267 e. The summed E-state index contributed by atoms with van der Waals surface area (Å²) in [4.78, 5) is 24.9. The van der Waals surface area contributed by atoms with Gasteiger partial charge < -0.3 is 9.47 Å². The molecule has 2 aliphatic rings. The molecule has 0 radical (unpaired) electrons. The number of amidine groups is 1. The summed E-state index contributed by atoms with van der Waals surface area (Å²) in [6, 6.07) is 11.4. The zero-order chi connectivity index (χ0) is 20.9. The Bertz CT molecular complexity index is 969. The number of ether oxygens (including phenoxy) is 2. The number of rotatable bonds is 5.